The molecule has 1 heterocycles. The molecule has 0 fully saturated rings. The summed E-state index contributed by atoms with van der Waals surface area (Å²) < 4.78 is 13.9. The molecule has 0 aliphatic carbocycles. The topological polar surface area (TPSA) is 66.4 Å². The summed E-state index contributed by atoms with van der Waals surface area (Å²) in [7, 11) is 0. The van der Waals surface area contributed by atoms with Crippen LogP contribution in [0.15, 0.2) is 60.7 Å². The lowest BCUT2D eigenvalue weighted by Gasteiger charge is -2.14. The normalized spacial score (nSPS) is 11.8. The molecule has 6 heteroatoms. The number of halogens is 1. The first-order chi connectivity index (χ1) is 12.5. The Hall–Kier alpha value is -2.99. The van der Waals surface area contributed by atoms with Gasteiger partial charge in [-0.15, -0.1) is 11.3 Å². The van der Waals surface area contributed by atoms with E-state index in [0.717, 1.165) is 22.5 Å². The monoisotopic (exact) mass is 369 g/mol. The predicted octanol–water partition coefficient (Wildman–Crippen LogP) is 4.74. The minimum Gasteiger partial charge on any atom is -0.477 e. The Bertz CT molecular complexity index is 950. The Kier molecular flexibility index (Phi) is 5.14. The van der Waals surface area contributed by atoms with Gasteiger partial charge in [0.05, 0.1) is 10.9 Å². The van der Waals surface area contributed by atoms with E-state index in [4.69, 9.17) is 5.11 Å². The van der Waals surface area contributed by atoms with Crippen LogP contribution in [0, 0.1) is 5.82 Å². The molecule has 3 rings (SSSR count). The number of carboxylic acids is 1. The molecule has 0 aliphatic rings. The van der Waals surface area contributed by atoms with Crippen molar-refractivity contribution in [3.63, 3.8) is 0 Å². The van der Waals surface area contributed by atoms with Crippen LogP contribution in [0.3, 0.4) is 0 Å². The Balaban J connectivity index is 1.71. The molecule has 4 nitrogen and oxygen atoms in total. The van der Waals surface area contributed by atoms with E-state index in [0.29, 0.717) is 10.4 Å². The van der Waals surface area contributed by atoms with E-state index in [1.165, 1.54) is 18.2 Å². The zero-order valence-electron chi connectivity index (χ0n) is 13.9. The van der Waals surface area contributed by atoms with Crippen LogP contribution in [0.25, 0.3) is 11.1 Å². The second kappa shape index (κ2) is 7.49. The smallest absolute Gasteiger partial charge is 0.345 e. The lowest BCUT2D eigenvalue weighted by Crippen LogP contribution is -2.25. The van der Waals surface area contributed by atoms with Crippen LogP contribution >= 0.6 is 11.3 Å². The number of aromatic carboxylic acids is 1. The number of hydrogen-bond donors (Lipinski definition) is 2. The third kappa shape index (κ3) is 3.81. The van der Waals surface area contributed by atoms with Gasteiger partial charge in [0.15, 0.2) is 0 Å². The number of hydrogen-bond acceptors (Lipinski definition) is 3. The maximum atomic E-state index is 13.9. The van der Waals surface area contributed by atoms with Crippen LogP contribution in [0.2, 0.25) is 0 Å². The number of nitrogens with one attached hydrogen (secondary N) is 1. The summed E-state index contributed by atoms with van der Waals surface area (Å²) >= 11 is 0.934. The van der Waals surface area contributed by atoms with Crippen molar-refractivity contribution in [2.24, 2.45) is 0 Å². The van der Waals surface area contributed by atoms with Gasteiger partial charge in [-0.05, 0) is 36.2 Å². The minimum absolute atomic E-state index is 0.122. The third-order valence-corrected chi connectivity index (χ3v) is 5.06. The number of rotatable bonds is 5. The summed E-state index contributed by atoms with van der Waals surface area (Å²) in [4.78, 5) is 23.6. The molecule has 0 radical (unpaired) electrons. The second-order valence-corrected chi connectivity index (χ2v) is 6.85. The Morgan fingerprint density at radius 3 is 2.27 bits per heavy atom. The van der Waals surface area contributed by atoms with Gasteiger partial charge in [-0.25, -0.2) is 9.18 Å². The summed E-state index contributed by atoms with van der Waals surface area (Å²) in [6.45, 7) is 1.84. The van der Waals surface area contributed by atoms with Crippen molar-refractivity contribution in [2.75, 3.05) is 0 Å². The molecule has 0 spiro atoms. The highest BCUT2D eigenvalue weighted by atomic mass is 32.1. The zero-order valence-corrected chi connectivity index (χ0v) is 14.7. The molecular formula is C20H16FNO3S. The van der Waals surface area contributed by atoms with E-state index in [9.17, 15) is 14.0 Å². The van der Waals surface area contributed by atoms with Crippen molar-refractivity contribution in [1.82, 2.24) is 5.32 Å². The number of carboxylic acid groups (broad SMARTS) is 1. The van der Waals surface area contributed by atoms with Crippen LogP contribution in [-0.4, -0.2) is 17.0 Å². The lowest BCUT2D eigenvalue weighted by molar-refractivity contribution is 0.0702. The van der Waals surface area contributed by atoms with Gasteiger partial charge in [0, 0.05) is 5.56 Å². The van der Waals surface area contributed by atoms with Crippen LogP contribution in [0.5, 0.6) is 0 Å². The molecule has 0 saturated carbocycles. The van der Waals surface area contributed by atoms with Crippen LogP contribution in [0.1, 0.15) is 37.9 Å². The maximum Gasteiger partial charge on any atom is 0.345 e. The van der Waals surface area contributed by atoms with Crippen molar-refractivity contribution in [3.8, 4) is 11.1 Å². The zero-order chi connectivity index (χ0) is 18.7. The molecule has 26 heavy (non-hydrogen) atoms. The molecule has 2 N–H and O–H groups in total. The molecule has 1 atom stereocenters. The summed E-state index contributed by atoms with van der Waals surface area (Å²) in [6.07, 6.45) is 0. The van der Waals surface area contributed by atoms with E-state index >= 15 is 0 Å². The van der Waals surface area contributed by atoms with Crippen molar-refractivity contribution in [1.29, 1.82) is 0 Å². The highest BCUT2D eigenvalue weighted by Crippen LogP contribution is 2.25. The first-order valence-corrected chi connectivity index (χ1v) is 8.76. The van der Waals surface area contributed by atoms with E-state index in [1.807, 2.05) is 31.2 Å². The van der Waals surface area contributed by atoms with Gasteiger partial charge in [0.2, 0.25) is 0 Å². The average Bonchev–Trinajstić information content (AvgIpc) is 3.13. The van der Waals surface area contributed by atoms with Crippen LogP contribution < -0.4 is 5.32 Å². The van der Waals surface area contributed by atoms with Gasteiger partial charge in [0.1, 0.15) is 10.7 Å². The van der Waals surface area contributed by atoms with E-state index in [-0.39, 0.29) is 22.6 Å². The summed E-state index contributed by atoms with van der Waals surface area (Å²) in [5.74, 6) is -1.66. The van der Waals surface area contributed by atoms with Crippen LogP contribution in [-0.2, 0) is 0 Å². The fourth-order valence-corrected chi connectivity index (χ4v) is 3.32. The van der Waals surface area contributed by atoms with E-state index < -0.39 is 5.97 Å². The largest absolute Gasteiger partial charge is 0.477 e. The van der Waals surface area contributed by atoms with Gasteiger partial charge in [-0.2, -0.15) is 0 Å². The van der Waals surface area contributed by atoms with Crippen molar-refractivity contribution >= 4 is 23.2 Å². The van der Waals surface area contributed by atoms with Crippen molar-refractivity contribution in [3.05, 3.63) is 81.8 Å². The number of carbonyl (C=O) groups is 2. The first-order valence-electron chi connectivity index (χ1n) is 7.94. The SMILES string of the molecule is C[C@@H](NC(=O)c1ccc(C(=O)O)s1)c1ccc(-c2ccccc2F)cc1. The van der Waals surface area contributed by atoms with Gasteiger partial charge < -0.3 is 10.4 Å². The highest BCUT2D eigenvalue weighted by molar-refractivity contribution is 7.15. The maximum absolute atomic E-state index is 13.9. The van der Waals surface area contributed by atoms with Crippen molar-refractivity contribution < 1.29 is 19.1 Å². The molecule has 0 aliphatic heterocycles. The predicted molar refractivity (Wildman–Crippen MR) is 99.0 cm³/mol. The van der Waals surface area contributed by atoms with Gasteiger partial charge in [-0.1, -0.05) is 42.5 Å². The average molecular weight is 369 g/mol. The molecule has 0 saturated heterocycles. The fraction of sp³-hybridized carbons (Fsp3) is 0.100. The molecule has 1 aromatic heterocycles. The lowest BCUT2D eigenvalue weighted by atomic mass is 10.0. The number of amides is 1. The molecule has 0 bridgehead atoms. The van der Waals surface area contributed by atoms with Gasteiger partial charge in [0.25, 0.3) is 5.91 Å². The highest BCUT2D eigenvalue weighted by Gasteiger charge is 2.16. The number of benzene rings is 2. The fourth-order valence-electron chi connectivity index (χ4n) is 2.57. The summed E-state index contributed by atoms with van der Waals surface area (Å²) in [5.41, 5.74) is 2.15. The number of thiophene rings is 1. The quantitative estimate of drug-likeness (QED) is 0.682. The van der Waals surface area contributed by atoms with Gasteiger partial charge >= 0.3 is 5.97 Å². The molecule has 132 valence electrons. The second-order valence-electron chi connectivity index (χ2n) is 5.77. The molecular weight excluding hydrogens is 353 g/mol. The molecule has 0 unspecified atom stereocenters. The standard InChI is InChI=1S/C20H16FNO3S/c1-12(22-19(23)17-10-11-18(26-17)20(24)25)13-6-8-14(9-7-13)15-4-2-3-5-16(15)21/h2-12H,1H3,(H,22,23)(H,24,25)/t12-/m1/s1. The van der Waals surface area contributed by atoms with Crippen molar-refractivity contribution in [2.45, 2.75) is 13.0 Å². The van der Waals surface area contributed by atoms with Gasteiger partial charge in [-0.3, -0.25) is 4.79 Å². The Morgan fingerprint density at radius 1 is 1.00 bits per heavy atom. The van der Waals surface area contributed by atoms with Crippen LogP contribution in [0.4, 0.5) is 4.39 Å². The van der Waals surface area contributed by atoms with E-state index in [2.05, 4.69) is 5.32 Å². The molecule has 3 aromatic rings. The third-order valence-electron chi connectivity index (χ3n) is 3.98. The molecule has 2 aromatic carbocycles. The Morgan fingerprint density at radius 2 is 1.65 bits per heavy atom. The summed E-state index contributed by atoms with van der Waals surface area (Å²) in [6, 6.07) is 16.5. The summed E-state index contributed by atoms with van der Waals surface area (Å²) in [5, 5.41) is 11.8. The first kappa shape index (κ1) is 17.8. The Labute approximate surface area is 153 Å². The molecule has 1 amide bonds. The van der Waals surface area contributed by atoms with E-state index in [1.54, 1.807) is 18.2 Å². The minimum atomic E-state index is -1.05. The number of carbonyl (C=O) groups excluding carboxylic acids is 1.